The molecule has 2 unspecified atom stereocenters. The van der Waals surface area contributed by atoms with E-state index in [1.807, 2.05) is 26.2 Å². The van der Waals surface area contributed by atoms with Gasteiger partial charge in [-0.2, -0.15) is 0 Å². The molecular formula is C26H38B3N3O2. The number of ether oxygens (including phenoxy) is 1. The Morgan fingerprint density at radius 3 is 2.59 bits per heavy atom. The second-order valence-corrected chi connectivity index (χ2v) is 12.3. The molecule has 34 heavy (non-hydrogen) atoms. The molecule has 178 valence electrons. The summed E-state index contributed by atoms with van der Waals surface area (Å²) < 4.78 is 6.37. The van der Waals surface area contributed by atoms with Crippen molar-refractivity contribution in [3.8, 4) is 5.75 Å². The van der Waals surface area contributed by atoms with Gasteiger partial charge in [-0.05, 0) is 66.5 Å². The van der Waals surface area contributed by atoms with Crippen molar-refractivity contribution < 1.29 is 9.84 Å². The average molecular weight is 457 g/mol. The number of hydrogen-bond donors (Lipinski definition) is 2. The summed E-state index contributed by atoms with van der Waals surface area (Å²) in [6.45, 7) is 6.86. The van der Waals surface area contributed by atoms with E-state index in [0.717, 1.165) is 47.5 Å². The molecule has 0 bridgehead atoms. The highest BCUT2D eigenvalue weighted by atomic mass is 16.5. The van der Waals surface area contributed by atoms with Crippen LogP contribution in [0.25, 0.3) is 11.0 Å². The molecule has 0 radical (unpaired) electrons. The van der Waals surface area contributed by atoms with Gasteiger partial charge in [0.25, 0.3) is 0 Å². The average Bonchev–Trinajstić information content (AvgIpc) is 3.20. The van der Waals surface area contributed by atoms with Crippen molar-refractivity contribution >= 4 is 34.6 Å². The van der Waals surface area contributed by atoms with E-state index in [-0.39, 0.29) is 16.7 Å². The molecule has 3 aliphatic rings. The molecule has 0 amide bonds. The van der Waals surface area contributed by atoms with Crippen LogP contribution in [-0.2, 0) is 0 Å². The summed E-state index contributed by atoms with van der Waals surface area (Å²) in [6, 6.07) is 4.04. The Labute approximate surface area is 206 Å². The van der Waals surface area contributed by atoms with Gasteiger partial charge in [0, 0.05) is 23.2 Å². The highest BCUT2D eigenvalue weighted by Crippen LogP contribution is 2.66. The maximum atomic E-state index is 11.9. The number of nitrogens with zero attached hydrogens (tertiary/aromatic N) is 2. The minimum Gasteiger partial charge on any atom is -0.460 e. The van der Waals surface area contributed by atoms with Crippen molar-refractivity contribution in [3.63, 3.8) is 0 Å². The Morgan fingerprint density at radius 2 is 1.91 bits per heavy atom. The van der Waals surface area contributed by atoms with Gasteiger partial charge < -0.3 is 19.7 Å². The Hall–Kier alpha value is -2.08. The number of pyridine rings is 1. The van der Waals surface area contributed by atoms with Crippen molar-refractivity contribution in [2.75, 3.05) is 0 Å². The lowest BCUT2D eigenvalue weighted by Crippen LogP contribution is -2.71. The van der Waals surface area contributed by atoms with Crippen LogP contribution < -0.4 is 4.74 Å². The van der Waals surface area contributed by atoms with Crippen molar-refractivity contribution in [1.29, 1.82) is 0 Å². The van der Waals surface area contributed by atoms with Gasteiger partial charge in [0.05, 0.1) is 11.8 Å². The fourth-order valence-corrected chi connectivity index (χ4v) is 7.83. The number of likely N-dealkylation sites (tertiary alicyclic amines) is 1. The molecule has 5 rings (SSSR count). The van der Waals surface area contributed by atoms with Crippen LogP contribution in [0, 0.1) is 16.7 Å². The molecule has 2 fully saturated rings. The van der Waals surface area contributed by atoms with Gasteiger partial charge in [-0.25, -0.2) is 4.98 Å². The Balaban J connectivity index is 1.40. The van der Waals surface area contributed by atoms with Crippen LogP contribution in [0.2, 0.25) is 0 Å². The van der Waals surface area contributed by atoms with E-state index in [1.165, 1.54) is 25.7 Å². The van der Waals surface area contributed by atoms with Crippen molar-refractivity contribution in [2.45, 2.75) is 76.7 Å². The van der Waals surface area contributed by atoms with Crippen LogP contribution in [-0.4, -0.2) is 54.5 Å². The first-order valence-corrected chi connectivity index (χ1v) is 13.1. The molecule has 2 aliphatic carbocycles. The first-order chi connectivity index (χ1) is 16.0. The Bertz CT molecular complexity index is 1120. The number of piperidine rings is 1. The number of hydrogen-bond acceptors (Lipinski definition) is 4. The molecule has 1 saturated heterocycles. The number of aromatic nitrogens is 2. The monoisotopic (exact) mass is 457 g/mol. The minimum atomic E-state index is -0.894. The first-order valence-electron chi connectivity index (χ1n) is 13.1. The Morgan fingerprint density at radius 1 is 1.18 bits per heavy atom. The van der Waals surface area contributed by atoms with Gasteiger partial charge in [0.15, 0.2) is 7.85 Å². The van der Waals surface area contributed by atoms with E-state index in [4.69, 9.17) is 4.74 Å². The summed E-state index contributed by atoms with van der Waals surface area (Å²) >= 11 is 0. The number of rotatable bonds is 5. The summed E-state index contributed by atoms with van der Waals surface area (Å²) in [5, 5.41) is 12.8. The number of aliphatic hydroxyl groups is 1. The van der Waals surface area contributed by atoms with Crippen molar-refractivity contribution in [3.05, 3.63) is 48.1 Å². The summed E-state index contributed by atoms with van der Waals surface area (Å²) in [7, 11) is 6.62. The van der Waals surface area contributed by atoms with Gasteiger partial charge in [-0.15, -0.1) is 0 Å². The molecule has 1 spiro atoms. The van der Waals surface area contributed by atoms with Gasteiger partial charge in [-0.3, -0.25) is 0 Å². The molecule has 2 aromatic heterocycles. The molecule has 5 nitrogen and oxygen atoms in total. The molecule has 2 N–H and O–H groups in total. The summed E-state index contributed by atoms with van der Waals surface area (Å²) in [4.78, 5) is 9.87. The number of fused-ring (bicyclic) bond motifs is 1. The molecule has 1 saturated carbocycles. The van der Waals surface area contributed by atoms with Crippen LogP contribution >= 0.6 is 0 Å². The Kier molecular flexibility index (Phi) is 5.55. The standard InChI is InChI=1S/C26H38B3N3O2/c1-4-23(5-2)13-24(14-23)15-25(27,28)32(26(29,33)16-24)19-7-6-17(3)21(11-19)34-20-10-18-8-9-30-22(18)31-12-20/h7-12,17,33H,4-6,13-16,27-29H2,1-3H3,(H,30,31). The smallest absolute Gasteiger partial charge is 0.169 e. The van der Waals surface area contributed by atoms with E-state index in [9.17, 15) is 5.11 Å². The SMILES string of the molecule is BC1(B)CC2(CC(CC)(CC)C2)CC(B)(O)N1C1=CCC(C)C(Oc2cnc3[nH]ccc3c2)=C1. The molecule has 8 heteroatoms. The number of aromatic amines is 1. The lowest BCUT2D eigenvalue weighted by Gasteiger charge is -2.68. The number of allylic oxidation sites excluding steroid dienone is 3. The van der Waals surface area contributed by atoms with Crippen LogP contribution in [0.4, 0.5) is 0 Å². The van der Waals surface area contributed by atoms with Gasteiger partial charge in [0.1, 0.15) is 32.8 Å². The van der Waals surface area contributed by atoms with Crippen LogP contribution in [0.15, 0.2) is 48.1 Å². The highest BCUT2D eigenvalue weighted by molar-refractivity contribution is 6.40. The minimum absolute atomic E-state index is 0.144. The van der Waals surface area contributed by atoms with Crippen molar-refractivity contribution in [2.24, 2.45) is 16.7 Å². The van der Waals surface area contributed by atoms with Crippen LogP contribution in [0.1, 0.15) is 65.7 Å². The van der Waals surface area contributed by atoms with Crippen LogP contribution in [0.3, 0.4) is 0 Å². The molecule has 2 aromatic rings. The zero-order valence-electron chi connectivity index (χ0n) is 21.7. The summed E-state index contributed by atoms with van der Waals surface area (Å²) in [6.07, 6.45) is 15.9. The third kappa shape index (κ3) is 3.92. The molecule has 1 aliphatic heterocycles. The van der Waals surface area contributed by atoms with E-state index in [0.29, 0.717) is 5.41 Å². The fourth-order valence-electron chi connectivity index (χ4n) is 7.83. The third-order valence-electron chi connectivity index (χ3n) is 8.93. The molecule has 0 aromatic carbocycles. The molecular weight excluding hydrogens is 419 g/mol. The van der Waals surface area contributed by atoms with E-state index >= 15 is 0 Å². The molecule has 2 atom stereocenters. The normalized spacial score (nSPS) is 29.4. The third-order valence-corrected chi connectivity index (χ3v) is 8.93. The maximum Gasteiger partial charge on any atom is 0.169 e. The first kappa shape index (κ1) is 23.7. The zero-order chi connectivity index (χ0) is 24.4. The second-order valence-electron chi connectivity index (χ2n) is 12.3. The predicted molar refractivity (Wildman–Crippen MR) is 146 cm³/mol. The lowest BCUT2D eigenvalue weighted by molar-refractivity contribution is -0.172. The number of nitrogens with one attached hydrogen (secondary N) is 1. The number of H-pyrrole nitrogens is 1. The van der Waals surface area contributed by atoms with Crippen molar-refractivity contribution in [1.82, 2.24) is 14.9 Å². The second kappa shape index (κ2) is 7.98. The maximum absolute atomic E-state index is 11.9. The van der Waals surface area contributed by atoms with Gasteiger partial charge >= 0.3 is 0 Å². The fraction of sp³-hybridized carbons (Fsp3) is 0.577. The summed E-state index contributed by atoms with van der Waals surface area (Å²) in [5.41, 5.74) is 1.77. The van der Waals surface area contributed by atoms with E-state index in [1.54, 1.807) is 6.20 Å². The topological polar surface area (TPSA) is 61.4 Å². The predicted octanol–water partition coefficient (Wildman–Crippen LogP) is 2.63. The van der Waals surface area contributed by atoms with E-state index in [2.05, 4.69) is 63.5 Å². The van der Waals surface area contributed by atoms with Gasteiger partial charge in [-0.1, -0.05) is 39.7 Å². The molecule has 3 heterocycles. The lowest BCUT2D eigenvalue weighted by atomic mass is 9.39. The quantitative estimate of drug-likeness (QED) is 0.679. The summed E-state index contributed by atoms with van der Waals surface area (Å²) in [5.74, 6) is 1.96. The largest absolute Gasteiger partial charge is 0.460 e. The highest BCUT2D eigenvalue weighted by Gasteiger charge is 2.61. The van der Waals surface area contributed by atoms with E-state index < -0.39 is 5.62 Å². The van der Waals surface area contributed by atoms with Crippen LogP contribution in [0.5, 0.6) is 5.75 Å². The van der Waals surface area contributed by atoms with Gasteiger partial charge in [0.2, 0.25) is 0 Å². The zero-order valence-corrected chi connectivity index (χ0v) is 21.7.